The van der Waals surface area contributed by atoms with E-state index in [1.54, 1.807) is 22.4 Å². The highest BCUT2D eigenvalue weighted by Crippen LogP contribution is 2.09. The molecule has 0 spiro atoms. The van der Waals surface area contributed by atoms with Crippen LogP contribution in [0, 0.1) is 0 Å². The van der Waals surface area contributed by atoms with Gasteiger partial charge in [0.2, 0.25) is 0 Å². The summed E-state index contributed by atoms with van der Waals surface area (Å²) in [6, 6.07) is 0. The number of aromatic nitrogens is 2. The van der Waals surface area contributed by atoms with Crippen molar-refractivity contribution in [2.75, 3.05) is 14.1 Å². The zero-order chi connectivity index (χ0) is 10.1. The Hall–Kier alpha value is -1.18. The summed E-state index contributed by atoms with van der Waals surface area (Å²) in [5, 5.41) is 4.24. The zero-order valence-electron chi connectivity index (χ0n) is 7.98. The van der Waals surface area contributed by atoms with E-state index < -0.39 is 0 Å². The van der Waals surface area contributed by atoms with Crippen molar-refractivity contribution in [3.63, 3.8) is 0 Å². The van der Waals surface area contributed by atoms with Crippen LogP contribution in [0.15, 0.2) is 12.4 Å². The lowest BCUT2D eigenvalue weighted by molar-refractivity contribution is 0.126. The zero-order valence-corrected chi connectivity index (χ0v) is 8.80. The topological polar surface area (TPSA) is 59.2 Å². The first-order valence-corrected chi connectivity index (χ1v) is 4.62. The predicted octanol–water partition coefficient (Wildman–Crippen LogP) is -0.420. The first-order valence-electron chi connectivity index (χ1n) is 4.21. The van der Waals surface area contributed by atoms with Crippen LogP contribution < -0.4 is 10.9 Å². The number of hydrogen-bond donors (Lipinski definition) is 3. The number of H-pyrrole nitrogens is 1. The first kappa shape index (κ1) is 9.38. The highest BCUT2D eigenvalue weighted by atomic mass is 32.1. The average molecular weight is 212 g/mol. The summed E-state index contributed by atoms with van der Waals surface area (Å²) in [6.07, 6.45) is 3.42. The van der Waals surface area contributed by atoms with Gasteiger partial charge >= 0.3 is 0 Å². The van der Waals surface area contributed by atoms with Gasteiger partial charge in [-0.2, -0.15) is 0 Å². The number of hydrogen-bond acceptors (Lipinski definition) is 4. The molecule has 0 aliphatic carbocycles. The van der Waals surface area contributed by atoms with Gasteiger partial charge in [0, 0.05) is 26.5 Å². The molecule has 0 saturated carbocycles. The van der Waals surface area contributed by atoms with Gasteiger partial charge in [-0.05, 0) is 12.2 Å². The molecule has 1 aromatic rings. The second-order valence-corrected chi connectivity index (χ2v) is 3.43. The number of nitrogens with one attached hydrogen (secondary N) is 3. The van der Waals surface area contributed by atoms with E-state index >= 15 is 0 Å². The maximum absolute atomic E-state index is 5.13. The standard InChI is InChI=1S/C7H12N6S/c1-12-7(14)13(2)11-6(10-12)5-8-3-4-9-5/h3-4,6,10-11H,1-2H3,(H,8,9). The quantitative estimate of drug-likeness (QED) is 0.550. The van der Waals surface area contributed by atoms with Gasteiger partial charge in [0.25, 0.3) is 0 Å². The number of hydrazine groups is 2. The normalized spacial score (nSPS) is 19.1. The summed E-state index contributed by atoms with van der Waals surface area (Å²) in [4.78, 5) is 7.19. The third kappa shape index (κ3) is 1.57. The van der Waals surface area contributed by atoms with Gasteiger partial charge in [-0.1, -0.05) is 0 Å². The maximum atomic E-state index is 5.13. The van der Waals surface area contributed by atoms with Gasteiger partial charge in [0.05, 0.1) is 0 Å². The van der Waals surface area contributed by atoms with Crippen LogP contribution in [0.3, 0.4) is 0 Å². The number of imidazole rings is 1. The summed E-state index contributed by atoms with van der Waals surface area (Å²) < 4.78 is 0. The largest absolute Gasteiger partial charge is 0.346 e. The minimum Gasteiger partial charge on any atom is -0.346 e. The SMILES string of the molecule is CN1NC(c2ncc[nH]2)NN(C)C1=S. The van der Waals surface area contributed by atoms with Gasteiger partial charge in [-0.15, -0.1) is 0 Å². The molecule has 76 valence electrons. The second kappa shape index (κ2) is 3.52. The lowest BCUT2D eigenvalue weighted by Gasteiger charge is -2.39. The van der Waals surface area contributed by atoms with Gasteiger partial charge in [0.1, 0.15) is 5.82 Å². The van der Waals surface area contributed by atoms with E-state index in [1.165, 1.54) is 0 Å². The van der Waals surface area contributed by atoms with E-state index in [2.05, 4.69) is 20.8 Å². The van der Waals surface area contributed by atoms with Gasteiger partial charge < -0.3 is 4.98 Å². The van der Waals surface area contributed by atoms with Crippen LogP contribution >= 0.6 is 12.2 Å². The Bertz CT molecular complexity index is 309. The van der Waals surface area contributed by atoms with Crippen molar-refractivity contribution in [3.05, 3.63) is 18.2 Å². The van der Waals surface area contributed by atoms with Crippen molar-refractivity contribution in [3.8, 4) is 0 Å². The molecule has 0 unspecified atom stereocenters. The van der Waals surface area contributed by atoms with E-state index in [1.807, 2.05) is 14.1 Å². The molecular formula is C7H12N6S. The summed E-state index contributed by atoms with van der Waals surface area (Å²) in [6.45, 7) is 0. The molecule has 0 aromatic carbocycles. The smallest absolute Gasteiger partial charge is 0.200 e. The Morgan fingerprint density at radius 3 is 2.50 bits per heavy atom. The molecule has 3 N–H and O–H groups in total. The molecule has 0 radical (unpaired) electrons. The van der Waals surface area contributed by atoms with Crippen LogP contribution in [0.25, 0.3) is 0 Å². The third-order valence-electron chi connectivity index (χ3n) is 2.01. The van der Waals surface area contributed by atoms with Crippen LogP contribution in [0.2, 0.25) is 0 Å². The monoisotopic (exact) mass is 212 g/mol. The highest BCUT2D eigenvalue weighted by molar-refractivity contribution is 7.80. The fraction of sp³-hybridized carbons (Fsp3) is 0.429. The molecule has 1 fully saturated rings. The van der Waals surface area contributed by atoms with E-state index in [-0.39, 0.29) is 6.17 Å². The number of aromatic amines is 1. The predicted molar refractivity (Wildman–Crippen MR) is 55.7 cm³/mol. The summed E-state index contributed by atoms with van der Waals surface area (Å²) in [5.41, 5.74) is 6.29. The molecule has 1 aromatic heterocycles. The van der Waals surface area contributed by atoms with Crippen molar-refractivity contribution in [1.82, 2.24) is 30.8 Å². The average Bonchev–Trinajstić information content (AvgIpc) is 2.66. The van der Waals surface area contributed by atoms with Gasteiger partial charge in [-0.25, -0.2) is 15.8 Å². The summed E-state index contributed by atoms with van der Waals surface area (Å²) >= 11 is 5.13. The molecule has 0 amide bonds. The molecule has 1 aliphatic rings. The Morgan fingerprint density at radius 2 is 2.00 bits per heavy atom. The Labute approximate surface area is 87.2 Å². The number of rotatable bonds is 1. The van der Waals surface area contributed by atoms with Gasteiger partial charge in [0.15, 0.2) is 11.3 Å². The maximum Gasteiger partial charge on any atom is 0.200 e. The second-order valence-electron chi connectivity index (χ2n) is 3.07. The fourth-order valence-corrected chi connectivity index (χ4v) is 1.41. The van der Waals surface area contributed by atoms with E-state index in [4.69, 9.17) is 12.2 Å². The number of nitrogens with zero attached hydrogens (tertiary/aromatic N) is 3. The van der Waals surface area contributed by atoms with Crippen LogP contribution in [-0.4, -0.2) is 39.2 Å². The third-order valence-corrected chi connectivity index (χ3v) is 2.56. The first-order chi connectivity index (χ1) is 6.68. The molecule has 2 heterocycles. The van der Waals surface area contributed by atoms with Gasteiger partial charge in [-0.3, -0.25) is 10.0 Å². The molecule has 1 saturated heterocycles. The lowest BCUT2D eigenvalue weighted by Crippen LogP contribution is -2.62. The van der Waals surface area contributed by atoms with Crippen molar-refractivity contribution in [1.29, 1.82) is 0 Å². The summed E-state index contributed by atoms with van der Waals surface area (Å²) in [7, 11) is 3.74. The van der Waals surface area contributed by atoms with Crippen molar-refractivity contribution >= 4 is 17.3 Å². The van der Waals surface area contributed by atoms with Crippen molar-refractivity contribution in [2.24, 2.45) is 0 Å². The van der Waals surface area contributed by atoms with E-state index in [0.717, 1.165) is 5.82 Å². The lowest BCUT2D eigenvalue weighted by atomic mass is 10.5. The van der Waals surface area contributed by atoms with E-state index in [0.29, 0.717) is 5.11 Å². The molecule has 1 aliphatic heterocycles. The summed E-state index contributed by atoms with van der Waals surface area (Å²) in [5.74, 6) is 0.825. The molecular weight excluding hydrogens is 200 g/mol. The minimum atomic E-state index is -0.0771. The Balaban J connectivity index is 2.13. The Kier molecular flexibility index (Phi) is 2.36. The molecule has 2 rings (SSSR count). The van der Waals surface area contributed by atoms with Crippen molar-refractivity contribution in [2.45, 2.75) is 6.17 Å². The minimum absolute atomic E-state index is 0.0771. The fourth-order valence-electron chi connectivity index (χ4n) is 1.31. The van der Waals surface area contributed by atoms with Crippen LogP contribution in [-0.2, 0) is 0 Å². The molecule has 14 heavy (non-hydrogen) atoms. The molecule has 7 heteroatoms. The van der Waals surface area contributed by atoms with Crippen LogP contribution in [0.5, 0.6) is 0 Å². The van der Waals surface area contributed by atoms with Crippen LogP contribution in [0.4, 0.5) is 0 Å². The molecule has 6 nitrogen and oxygen atoms in total. The number of thiocarbonyl (C=S) groups is 1. The Morgan fingerprint density at radius 1 is 1.36 bits per heavy atom. The highest BCUT2D eigenvalue weighted by Gasteiger charge is 2.25. The van der Waals surface area contributed by atoms with Crippen LogP contribution in [0.1, 0.15) is 12.0 Å². The molecule has 0 bridgehead atoms. The molecule has 0 atom stereocenters. The van der Waals surface area contributed by atoms with E-state index in [9.17, 15) is 0 Å². The van der Waals surface area contributed by atoms with Crippen molar-refractivity contribution < 1.29 is 0 Å².